The van der Waals surface area contributed by atoms with Crippen LogP contribution < -0.4 is 5.32 Å². The molecule has 1 atom stereocenters. The molecule has 2 aliphatic heterocycles. The van der Waals surface area contributed by atoms with Crippen molar-refractivity contribution in [2.45, 2.75) is 56.4 Å². The SMILES string of the molecule is Cc1c(C(=O)NCC2CCCO2)[nH]c2ccc(S(=O)(=O)N3CCCCCC3)cc12. The zero-order valence-electron chi connectivity index (χ0n) is 16.9. The van der Waals surface area contributed by atoms with Gasteiger partial charge < -0.3 is 15.0 Å². The molecule has 1 unspecified atom stereocenters. The topological polar surface area (TPSA) is 91.5 Å². The van der Waals surface area contributed by atoms with E-state index < -0.39 is 10.0 Å². The first kappa shape index (κ1) is 20.4. The van der Waals surface area contributed by atoms with Gasteiger partial charge in [-0.05, 0) is 56.4 Å². The second-order valence-electron chi connectivity index (χ2n) is 8.00. The fourth-order valence-electron chi connectivity index (χ4n) is 4.22. The second-order valence-corrected chi connectivity index (χ2v) is 9.93. The maximum Gasteiger partial charge on any atom is 0.268 e. The van der Waals surface area contributed by atoms with E-state index in [-0.39, 0.29) is 12.0 Å². The Kier molecular flexibility index (Phi) is 5.94. The molecule has 1 aromatic carbocycles. The Morgan fingerprint density at radius 3 is 2.66 bits per heavy atom. The molecule has 2 aliphatic rings. The van der Waals surface area contributed by atoms with Gasteiger partial charge in [0.05, 0.1) is 11.0 Å². The highest BCUT2D eigenvalue weighted by molar-refractivity contribution is 7.89. The van der Waals surface area contributed by atoms with Crippen molar-refractivity contribution in [3.8, 4) is 0 Å². The molecule has 3 heterocycles. The van der Waals surface area contributed by atoms with E-state index in [1.54, 1.807) is 22.5 Å². The number of carbonyl (C=O) groups is 1. The molecule has 0 spiro atoms. The molecule has 1 aromatic heterocycles. The predicted octanol–water partition coefficient (Wildman–Crippen LogP) is 2.95. The minimum absolute atomic E-state index is 0.0778. The highest BCUT2D eigenvalue weighted by Gasteiger charge is 2.26. The Balaban J connectivity index is 1.57. The third-order valence-corrected chi connectivity index (χ3v) is 7.87. The number of ether oxygens (including phenoxy) is 1. The molecular formula is C21H29N3O4S. The largest absolute Gasteiger partial charge is 0.376 e. The summed E-state index contributed by atoms with van der Waals surface area (Å²) in [5, 5.41) is 3.69. The van der Waals surface area contributed by atoms with Crippen molar-refractivity contribution in [2.75, 3.05) is 26.2 Å². The number of carbonyl (C=O) groups excluding carboxylic acids is 1. The summed E-state index contributed by atoms with van der Waals surface area (Å²) in [5.41, 5.74) is 2.00. The fourth-order valence-corrected chi connectivity index (χ4v) is 5.77. The van der Waals surface area contributed by atoms with Crippen LogP contribution in [0.25, 0.3) is 10.9 Å². The molecule has 7 nitrogen and oxygen atoms in total. The molecule has 158 valence electrons. The van der Waals surface area contributed by atoms with Gasteiger partial charge in [0, 0.05) is 37.1 Å². The van der Waals surface area contributed by atoms with Crippen LogP contribution in [0.1, 0.15) is 54.6 Å². The highest BCUT2D eigenvalue weighted by atomic mass is 32.2. The van der Waals surface area contributed by atoms with Crippen LogP contribution in [0, 0.1) is 6.92 Å². The number of rotatable bonds is 5. The summed E-state index contributed by atoms with van der Waals surface area (Å²) in [6.45, 7) is 4.23. The molecule has 1 amide bonds. The number of hydrogen-bond acceptors (Lipinski definition) is 4. The number of hydrogen-bond donors (Lipinski definition) is 2. The quantitative estimate of drug-likeness (QED) is 0.779. The van der Waals surface area contributed by atoms with Crippen LogP contribution in [0.2, 0.25) is 0 Å². The third kappa shape index (κ3) is 4.20. The molecule has 29 heavy (non-hydrogen) atoms. The standard InChI is InChI=1S/C21H29N3O4S/c1-15-18-13-17(29(26,27)24-10-4-2-3-5-11-24)8-9-19(18)23-20(15)21(25)22-14-16-7-6-12-28-16/h8-9,13,16,23H,2-7,10-12,14H2,1H3,(H,22,25). The van der Waals surface area contributed by atoms with Crippen molar-refractivity contribution in [1.82, 2.24) is 14.6 Å². The van der Waals surface area contributed by atoms with Crippen LogP contribution in [-0.2, 0) is 14.8 Å². The van der Waals surface area contributed by atoms with Gasteiger partial charge in [-0.15, -0.1) is 0 Å². The van der Waals surface area contributed by atoms with Crippen molar-refractivity contribution in [3.63, 3.8) is 0 Å². The number of amides is 1. The first-order chi connectivity index (χ1) is 14.0. The van der Waals surface area contributed by atoms with Gasteiger partial charge in [0.15, 0.2) is 0 Å². The average Bonchev–Trinajstić information content (AvgIpc) is 3.24. The number of sulfonamides is 1. The summed E-state index contributed by atoms with van der Waals surface area (Å²) in [5.74, 6) is -0.189. The summed E-state index contributed by atoms with van der Waals surface area (Å²) >= 11 is 0. The van der Waals surface area contributed by atoms with E-state index in [2.05, 4.69) is 10.3 Å². The van der Waals surface area contributed by atoms with Gasteiger partial charge in [0.25, 0.3) is 5.91 Å². The molecule has 2 aromatic rings. The van der Waals surface area contributed by atoms with E-state index in [0.29, 0.717) is 30.2 Å². The molecule has 2 N–H and O–H groups in total. The van der Waals surface area contributed by atoms with E-state index in [4.69, 9.17) is 4.74 Å². The van der Waals surface area contributed by atoms with E-state index in [0.717, 1.165) is 61.6 Å². The van der Waals surface area contributed by atoms with Gasteiger partial charge in [-0.2, -0.15) is 4.31 Å². The van der Waals surface area contributed by atoms with Gasteiger partial charge in [-0.25, -0.2) is 8.42 Å². The maximum atomic E-state index is 13.1. The number of nitrogens with one attached hydrogen (secondary N) is 2. The molecule has 4 rings (SSSR count). The molecule has 0 saturated carbocycles. The molecule has 2 saturated heterocycles. The molecule has 8 heteroatoms. The molecule has 0 bridgehead atoms. The second kappa shape index (κ2) is 8.45. The Bertz CT molecular complexity index is 985. The molecule has 0 radical (unpaired) electrons. The first-order valence-electron chi connectivity index (χ1n) is 10.5. The van der Waals surface area contributed by atoms with Gasteiger partial charge in [-0.1, -0.05) is 12.8 Å². The van der Waals surface area contributed by atoms with Crippen LogP contribution in [0.4, 0.5) is 0 Å². The van der Waals surface area contributed by atoms with Crippen molar-refractivity contribution >= 4 is 26.8 Å². The highest BCUT2D eigenvalue weighted by Crippen LogP contribution is 2.27. The lowest BCUT2D eigenvalue weighted by molar-refractivity contribution is 0.0854. The van der Waals surface area contributed by atoms with Crippen molar-refractivity contribution < 1.29 is 17.9 Å². The Morgan fingerprint density at radius 2 is 1.97 bits per heavy atom. The van der Waals surface area contributed by atoms with Crippen LogP contribution in [-0.4, -0.2) is 56.0 Å². The summed E-state index contributed by atoms with van der Waals surface area (Å²) in [6, 6.07) is 5.08. The molecule has 0 aliphatic carbocycles. The maximum absolute atomic E-state index is 13.1. The third-order valence-electron chi connectivity index (χ3n) is 5.97. The van der Waals surface area contributed by atoms with Crippen LogP contribution in [0.3, 0.4) is 0 Å². The van der Waals surface area contributed by atoms with Crippen LogP contribution in [0.5, 0.6) is 0 Å². The average molecular weight is 420 g/mol. The number of fused-ring (bicyclic) bond motifs is 1. The number of aryl methyl sites for hydroxylation is 1. The van der Waals surface area contributed by atoms with Gasteiger partial charge in [0.1, 0.15) is 5.69 Å². The molecule has 2 fully saturated rings. The zero-order valence-corrected chi connectivity index (χ0v) is 17.7. The van der Waals surface area contributed by atoms with Gasteiger partial charge >= 0.3 is 0 Å². The van der Waals surface area contributed by atoms with E-state index in [1.165, 1.54) is 0 Å². The van der Waals surface area contributed by atoms with Crippen molar-refractivity contribution in [2.24, 2.45) is 0 Å². The number of benzene rings is 1. The first-order valence-corrected chi connectivity index (χ1v) is 11.9. The number of H-pyrrole nitrogens is 1. The van der Waals surface area contributed by atoms with E-state index in [1.807, 2.05) is 6.92 Å². The van der Waals surface area contributed by atoms with Crippen LogP contribution >= 0.6 is 0 Å². The minimum Gasteiger partial charge on any atom is -0.376 e. The molecular weight excluding hydrogens is 390 g/mol. The Morgan fingerprint density at radius 1 is 1.21 bits per heavy atom. The normalized spacial score (nSPS) is 21.3. The van der Waals surface area contributed by atoms with E-state index >= 15 is 0 Å². The predicted molar refractivity (Wildman–Crippen MR) is 112 cm³/mol. The van der Waals surface area contributed by atoms with Crippen molar-refractivity contribution in [3.05, 3.63) is 29.5 Å². The zero-order chi connectivity index (χ0) is 20.4. The summed E-state index contributed by atoms with van der Waals surface area (Å²) in [7, 11) is -3.52. The number of nitrogens with zero attached hydrogens (tertiary/aromatic N) is 1. The smallest absolute Gasteiger partial charge is 0.268 e. The monoisotopic (exact) mass is 419 g/mol. The lowest BCUT2D eigenvalue weighted by Crippen LogP contribution is -2.32. The Hall–Kier alpha value is -1.90. The lowest BCUT2D eigenvalue weighted by Gasteiger charge is -2.20. The van der Waals surface area contributed by atoms with Crippen LogP contribution in [0.15, 0.2) is 23.1 Å². The summed E-state index contributed by atoms with van der Waals surface area (Å²) in [6.07, 6.45) is 6.02. The number of aromatic nitrogens is 1. The van der Waals surface area contributed by atoms with Gasteiger partial charge in [0.2, 0.25) is 10.0 Å². The summed E-state index contributed by atoms with van der Waals surface area (Å²) < 4.78 is 33.4. The van der Waals surface area contributed by atoms with Crippen molar-refractivity contribution in [1.29, 1.82) is 0 Å². The van der Waals surface area contributed by atoms with E-state index in [9.17, 15) is 13.2 Å². The summed E-state index contributed by atoms with van der Waals surface area (Å²) in [4.78, 5) is 16.1. The fraction of sp³-hybridized carbons (Fsp3) is 0.571. The van der Waals surface area contributed by atoms with Gasteiger partial charge in [-0.3, -0.25) is 4.79 Å². The lowest BCUT2D eigenvalue weighted by atomic mass is 10.1. The Labute approximate surface area is 171 Å². The number of aromatic amines is 1. The minimum atomic E-state index is -3.52.